The molecule has 3 nitrogen and oxygen atoms in total. The summed E-state index contributed by atoms with van der Waals surface area (Å²) in [5.41, 5.74) is 0. The van der Waals surface area contributed by atoms with Crippen molar-refractivity contribution in [3.8, 4) is 0 Å². The van der Waals surface area contributed by atoms with Crippen LogP contribution in [0.5, 0.6) is 0 Å². The molecule has 1 radical (unpaired) electrons. The molecule has 11 heavy (non-hydrogen) atoms. The van der Waals surface area contributed by atoms with E-state index < -0.39 is 8.60 Å². The van der Waals surface area contributed by atoms with Crippen LogP contribution >= 0.6 is 8.60 Å². The fourth-order valence-electron chi connectivity index (χ4n) is 0.479. The van der Waals surface area contributed by atoms with Crippen LogP contribution in [0.4, 0.5) is 0 Å². The Kier molecular flexibility index (Phi) is 14.6. The SMILES string of the molecule is CCO[PH+](OCC)OCC.[Ag]. The van der Waals surface area contributed by atoms with Gasteiger partial charge < -0.3 is 0 Å². The van der Waals surface area contributed by atoms with Crippen molar-refractivity contribution < 1.29 is 36.0 Å². The maximum absolute atomic E-state index is 5.18. The van der Waals surface area contributed by atoms with Crippen LogP contribution in [0, 0.1) is 0 Å². The molecule has 0 amide bonds. The summed E-state index contributed by atoms with van der Waals surface area (Å²) in [6.07, 6.45) is 0. The first kappa shape index (κ1) is 14.6. The van der Waals surface area contributed by atoms with Gasteiger partial charge in [0.2, 0.25) is 0 Å². The Morgan fingerprint density at radius 1 is 0.818 bits per heavy atom. The van der Waals surface area contributed by atoms with E-state index in [1.165, 1.54) is 0 Å². The summed E-state index contributed by atoms with van der Waals surface area (Å²) >= 11 is 0. The van der Waals surface area contributed by atoms with Crippen molar-refractivity contribution in [3.05, 3.63) is 0 Å². The van der Waals surface area contributed by atoms with Crippen molar-refractivity contribution in [1.82, 2.24) is 0 Å². The zero-order chi connectivity index (χ0) is 7.82. The Balaban J connectivity index is 0. The fourth-order valence-corrected chi connectivity index (χ4v) is 1.44. The van der Waals surface area contributed by atoms with E-state index in [2.05, 4.69) is 0 Å². The monoisotopic (exact) mass is 274 g/mol. The molecular formula is C6H16AgO3P+. The van der Waals surface area contributed by atoms with Gasteiger partial charge >= 0.3 is 8.60 Å². The summed E-state index contributed by atoms with van der Waals surface area (Å²) < 4.78 is 15.5. The van der Waals surface area contributed by atoms with Crippen LogP contribution in [-0.4, -0.2) is 19.8 Å². The third-order valence-electron chi connectivity index (χ3n) is 0.787. The first-order valence-corrected chi connectivity index (χ1v) is 4.82. The Morgan fingerprint density at radius 3 is 1.27 bits per heavy atom. The third-order valence-corrected chi connectivity index (χ3v) is 2.36. The number of rotatable bonds is 6. The Labute approximate surface area is 85.3 Å². The second-order valence-electron chi connectivity index (χ2n) is 1.55. The second kappa shape index (κ2) is 11.1. The van der Waals surface area contributed by atoms with Crippen molar-refractivity contribution in [3.63, 3.8) is 0 Å². The van der Waals surface area contributed by atoms with Crippen LogP contribution in [0.1, 0.15) is 20.8 Å². The standard InChI is InChI=1S/C6H16O3P.Ag/c1-4-7-10(8-5-2)9-6-3;/h10H,4-6H2,1-3H3;/q+1;. The van der Waals surface area contributed by atoms with Crippen molar-refractivity contribution >= 4 is 8.60 Å². The first-order valence-electron chi connectivity index (χ1n) is 3.60. The molecule has 0 atom stereocenters. The topological polar surface area (TPSA) is 27.7 Å². The molecule has 5 heteroatoms. The summed E-state index contributed by atoms with van der Waals surface area (Å²) in [6.45, 7) is 7.78. The van der Waals surface area contributed by atoms with E-state index in [0.29, 0.717) is 19.8 Å². The predicted octanol–water partition coefficient (Wildman–Crippen LogP) is 2.05. The van der Waals surface area contributed by atoms with Gasteiger partial charge in [0.15, 0.2) is 0 Å². The summed E-state index contributed by atoms with van der Waals surface area (Å²) in [6, 6.07) is 0. The minimum absolute atomic E-state index is 0. The van der Waals surface area contributed by atoms with Gasteiger partial charge in [0.25, 0.3) is 0 Å². The van der Waals surface area contributed by atoms with Gasteiger partial charge in [-0.25, -0.2) is 0 Å². The van der Waals surface area contributed by atoms with Gasteiger partial charge in [0, 0.05) is 22.4 Å². The minimum atomic E-state index is -1.40. The predicted molar refractivity (Wildman–Crippen MR) is 43.2 cm³/mol. The van der Waals surface area contributed by atoms with E-state index in [0.717, 1.165) is 0 Å². The quantitative estimate of drug-likeness (QED) is 0.548. The molecule has 0 saturated heterocycles. The average molecular weight is 275 g/mol. The molecule has 0 heterocycles. The van der Waals surface area contributed by atoms with Crippen LogP contribution in [0.15, 0.2) is 0 Å². The molecule has 0 bridgehead atoms. The van der Waals surface area contributed by atoms with Crippen LogP contribution in [0.25, 0.3) is 0 Å². The van der Waals surface area contributed by atoms with E-state index in [1.807, 2.05) is 20.8 Å². The summed E-state index contributed by atoms with van der Waals surface area (Å²) in [4.78, 5) is 0. The normalized spacial score (nSPS) is 9.82. The molecule has 0 aliphatic heterocycles. The van der Waals surface area contributed by atoms with Gasteiger partial charge in [-0.3, -0.25) is 0 Å². The smallest absolute Gasteiger partial charge is 0.180 e. The molecule has 0 aromatic carbocycles. The molecule has 0 saturated carbocycles. The van der Waals surface area contributed by atoms with Crippen molar-refractivity contribution in [1.29, 1.82) is 0 Å². The zero-order valence-corrected chi connectivity index (χ0v) is 9.63. The van der Waals surface area contributed by atoms with Gasteiger partial charge in [-0.05, 0) is 20.8 Å². The van der Waals surface area contributed by atoms with Gasteiger partial charge in [-0.2, -0.15) is 13.6 Å². The fraction of sp³-hybridized carbons (Fsp3) is 1.00. The number of hydrogen-bond donors (Lipinski definition) is 0. The molecule has 0 aromatic rings. The molecule has 0 aliphatic rings. The molecule has 0 aromatic heterocycles. The Bertz CT molecular complexity index is 60.6. The van der Waals surface area contributed by atoms with Crippen LogP contribution in [0.3, 0.4) is 0 Å². The second-order valence-corrected chi connectivity index (χ2v) is 2.92. The summed E-state index contributed by atoms with van der Waals surface area (Å²) in [5.74, 6) is 0. The average Bonchev–Trinajstić information content (AvgIpc) is 1.90. The van der Waals surface area contributed by atoms with Crippen LogP contribution in [-0.2, 0) is 36.0 Å². The maximum atomic E-state index is 5.18. The van der Waals surface area contributed by atoms with E-state index in [-0.39, 0.29) is 22.4 Å². The Morgan fingerprint density at radius 2 is 1.09 bits per heavy atom. The molecule has 0 spiro atoms. The van der Waals surface area contributed by atoms with Crippen LogP contribution < -0.4 is 0 Å². The minimum Gasteiger partial charge on any atom is -0.180 e. The van der Waals surface area contributed by atoms with E-state index >= 15 is 0 Å². The molecule has 0 fully saturated rings. The van der Waals surface area contributed by atoms with E-state index in [9.17, 15) is 0 Å². The van der Waals surface area contributed by atoms with Gasteiger partial charge in [0.1, 0.15) is 0 Å². The van der Waals surface area contributed by atoms with Crippen molar-refractivity contribution in [2.45, 2.75) is 20.8 Å². The zero-order valence-electron chi connectivity index (χ0n) is 7.15. The maximum Gasteiger partial charge on any atom is 0.397 e. The number of hydrogen-bond acceptors (Lipinski definition) is 3. The first-order chi connectivity index (χ1) is 4.85. The summed E-state index contributed by atoms with van der Waals surface area (Å²) in [5, 5.41) is 0. The molecule has 0 rings (SSSR count). The van der Waals surface area contributed by atoms with Gasteiger partial charge in [-0.1, -0.05) is 0 Å². The molecule has 0 N–H and O–H groups in total. The van der Waals surface area contributed by atoms with Gasteiger partial charge in [-0.15, -0.1) is 0 Å². The van der Waals surface area contributed by atoms with Crippen LogP contribution in [0.2, 0.25) is 0 Å². The molecule has 0 aliphatic carbocycles. The van der Waals surface area contributed by atoms with Crippen molar-refractivity contribution in [2.24, 2.45) is 0 Å². The molecular weight excluding hydrogens is 259 g/mol. The largest absolute Gasteiger partial charge is 0.397 e. The van der Waals surface area contributed by atoms with Gasteiger partial charge in [0.05, 0.1) is 19.8 Å². The van der Waals surface area contributed by atoms with Crippen molar-refractivity contribution in [2.75, 3.05) is 19.8 Å². The van der Waals surface area contributed by atoms with E-state index in [4.69, 9.17) is 13.6 Å². The van der Waals surface area contributed by atoms with E-state index in [1.54, 1.807) is 0 Å². The Hall–Kier alpha value is 1.05. The third kappa shape index (κ3) is 8.96. The summed E-state index contributed by atoms with van der Waals surface area (Å²) in [7, 11) is -1.40. The molecule has 73 valence electrons. The molecule has 0 unspecified atom stereocenters.